The molecule has 2 aromatic rings. The van der Waals surface area contributed by atoms with Crippen molar-refractivity contribution in [2.45, 2.75) is 12.5 Å². The van der Waals surface area contributed by atoms with Gasteiger partial charge in [-0.1, -0.05) is 30.3 Å². The first-order valence-electron chi connectivity index (χ1n) is 10.00. The molecule has 3 heterocycles. The molecule has 1 saturated heterocycles. The molecule has 29 heavy (non-hydrogen) atoms. The SMILES string of the molecule is COCCN1C(=O)Cc2ccccc2[C@@H]1C(=O)N1CCN(c2ccccn2)CC1. The molecule has 7 nitrogen and oxygen atoms in total. The van der Waals surface area contributed by atoms with Gasteiger partial charge >= 0.3 is 0 Å². The summed E-state index contributed by atoms with van der Waals surface area (Å²) in [6.07, 6.45) is 2.11. The molecule has 0 spiro atoms. The van der Waals surface area contributed by atoms with E-state index in [0.717, 1.165) is 30.0 Å². The van der Waals surface area contributed by atoms with E-state index in [1.807, 2.05) is 47.4 Å². The van der Waals surface area contributed by atoms with E-state index in [4.69, 9.17) is 4.74 Å². The van der Waals surface area contributed by atoms with Crippen LogP contribution in [0.25, 0.3) is 0 Å². The molecule has 0 bridgehead atoms. The topological polar surface area (TPSA) is 66.0 Å². The maximum Gasteiger partial charge on any atom is 0.250 e. The summed E-state index contributed by atoms with van der Waals surface area (Å²) in [6.45, 7) is 3.49. The number of carbonyl (C=O) groups excluding carboxylic acids is 2. The second kappa shape index (κ2) is 8.61. The molecule has 1 atom stereocenters. The predicted molar refractivity (Wildman–Crippen MR) is 110 cm³/mol. The quantitative estimate of drug-likeness (QED) is 0.769. The molecule has 0 aliphatic carbocycles. The van der Waals surface area contributed by atoms with Gasteiger partial charge in [0.25, 0.3) is 0 Å². The minimum atomic E-state index is -0.580. The van der Waals surface area contributed by atoms with Gasteiger partial charge in [0, 0.05) is 46.0 Å². The lowest BCUT2D eigenvalue weighted by molar-refractivity contribution is -0.147. The van der Waals surface area contributed by atoms with Gasteiger partial charge in [0.15, 0.2) is 0 Å². The molecule has 1 aromatic heterocycles. The van der Waals surface area contributed by atoms with Crippen LogP contribution >= 0.6 is 0 Å². The van der Waals surface area contributed by atoms with Gasteiger partial charge in [0.1, 0.15) is 11.9 Å². The van der Waals surface area contributed by atoms with Crippen LogP contribution in [0.4, 0.5) is 5.82 Å². The highest BCUT2D eigenvalue weighted by Crippen LogP contribution is 2.32. The van der Waals surface area contributed by atoms with Crippen molar-refractivity contribution in [2.75, 3.05) is 51.3 Å². The molecular weight excluding hydrogens is 368 g/mol. The summed E-state index contributed by atoms with van der Waals surface area (Å²) in [4.78, 5) is 36.5. The number of methoxy groups -OCH3 is 1. The Kier molecular flexibility index (Phi) is 5.76. The summed E-state index contributed by atoms with van der Waals surface area (Å²) in [7, 11) is 1.61. The number of ether oxygens (including phenoxy) is 1. The molecule has 2 amide bonds. The average Bonchev–Trinajstić information content (AvgIpc) is 2.77. The fourth-order valence-corrected chi connectivity index (χ4v) is 4.12. The highest BCUT2D eigenvalue weighted by Gasteiger charge is 2.39. The molecule has 0 radical (unpaired) electrons. The van der Waals surface area contributed by atoms with Crippen molar-refractivity contribution < 1.29 is 14.3 Å². The van der Waals surface area contributed by atoms with Gasteiger partial charge in [-0.05, 0) is 23.3 Å². The Morgan fingerprint density at radius 3 is 2.59 bits per heavy atom. The average molecular weight is 394 g/mol. The third kappa shape index (κ3) is 3.96. The first-order valence-corrected chi connectivity index (χ1v) is 10.00. The monoisotopic (exact) mass is 394 g/mol. The fourth-order valence-electron chi connectivity index (χ4n) is 4.12. The summed E-state index contributed by atoms with van der Waals surface area (Å²) < 4.78 is 5.19. The Labute approximate surface area is 170 Å². The van der Waals surface area contributed by atoms with Crippen LogP contribution in [0.1, 0.15) is 17.2 Å². The maximum absolute atomic E-state index is 13.5. The molecule has 7 heteroatoms. The van der Waals surface area contributed by atoms with Crippen molar-refractivity contribution in [3.8, 4) is 0 Å². The molecule has 1 aromatic carbocycles. The number of amides is 2. The van der Waals surface area contributed by atoms with E-state index >= 15 is 0 Å². The van der Waals surface area contributed by atoms with Crippen LogP contribution in [-0.2, 0) is 20.7 Å². The number of pyridine rings is 1. The predicted octanol–water partition coefficient (Wildman–Crippen LogP) is 1.50. The van der Waals surface area contributed by atoms with Gasteiger partial charge < -0.3 is 19.4 Å². The smallest absolute Gasteiger partial charge is 0.250 e. The Bertz CT molecular complexity index is 865. The third-order valence-electron chi connectivity index (χ3n) is 5.66. The zero-order chi connectivity index (χ0) is 20.2. The number of hydrogen-bond acceptors (Lipinski definition) is 5. The molecule has 152 valence electrons. The molecule has 1 fully saturated rings. The Morgan fingerprint density at radius 1 is 1.10 bits per heavy atom. The molecule has 0 unspecified atom stereocenters. The van der Waals surface area contributed by atoms with Crippen molar-refractivity contribution in [3.63, 3.8) is 0 Å². The highest BCUT2D eigenvalue weighted by atomic mass is 16.5. The van der Waals surface area contributed by atoms with Crippen LogP contribution in [0.2, 0.25) is 0 Å². The number of anilines is 1. The first kappa shape index (κ1) is 19.4. The number of carbonyl (C=O) groups is 2. The van der Waals surface area contributed by atoms with Crippen molar-refractivity contribution >= 4 is 17.6 Å². The second-order valence-corrected chi connectivity index (χ2v) is 7.36. The molecule has 0 N–H and O–H groups in total. The highest BCUT2D eigenvalue weighted by molar-refractivity contribution is 5.92. The van der Waals surface area contributed by atoms with E-state index in [-0.39, 0.29) is 11.8 Å². The number of benzene rings is 1. The van der Waals surface area contributed by atoms with Crippen LogP contribution in [0, 0.1) is 0 Å². The number of aromatic nitrogens is 1. The van der Waals surface area contributed by atoms with Gasteiger partial charge in [0.2, 0.25) is 11.8 Å². The number of hydrogen-bond donors (Lipinski definition) is 0. The normalized spacial score (nSPS) is 19.3. The lowest BCUT2D eigenvalue weighted by atomic mass is 9.91. The lowest BCUT2D eigenvalue weighted by Crippen LogP contribution is -2.54. The summed E-state index contributed by atoms with van der Waals surface area (Å²) in [5.41, 5.74) is 1.87. The molecule has 4 rings (SSSR count). The zero-order valence-electron chi connectivity index (χ0n) is 16.7. The van der Waals surface area contributed by atoms with E-state index in [1.54, 1.807) is 18.2 Å². The second-order valence-electron chi connectivity index (χ2n) is 7.36. The van der Waals surface area contributed by atoms with Gasteiger partial charge in [-0.15, -0.1) is 0 Å². The van der Waals surface area contributed by atoms with Gasteiger partial charge in [-0.25, -0.2) is 4.98 Å². The fraction of sp³-hybridized carbons (Fsp3) is 0.409. The minimum Gasteiger partial charge on any atom is -0.383 e. The van der Waals surface area contributed by atoms with Crippen LogP contribution < -0.4 is 4.90 Å². The summed E-state index contributed by atoms with van der Waals surface area (Å²) >= 11 is 0. The molecule has 0 saturated carbocycles. The van der Waals surface area contributed by atoms with Gasteiger partial charge in [-0.3, -0.25) is 9.59 Å². The van der Waals surface area contributed by atoms with Gasteiger partial charge in [-0.2, -0.15) is 0 Å². The lowest BCUT2D eigenvalue weighted by Gasteiger charge is -2.41. The van der Waals surface area contributed by atoms with Crippen LogP contribution in [-0.4, -0.2) is 73.0 Å². The standard InChI is InChI=1S/C22H26N4O3/c1-29-15-14-26-20(27)16-17-6-2-3-7-18(17)21(26)22(28)25-12-10-24(11-13-25)19-8-4-5-9-23-19/h2-9,21H,10-16H2,1H3/t21-/m1/s1. The van der Waals surface area contributed by atoms with Crippen molar-refractivity contribution in [3.05, 3.63) is 59.8 Å². The number of piperazine rings is 1. The Hall–Kier alpha value is -2.93. The third-order valence-corrected chi connectivity index (χ3v) is 5.66. The molecular formula is C22H26N4O3. The number of nitrogens with zero attached hydrogens (tertiary/aromatic N) is 4. The van der Waals surface area contributed by atoms with Crippen LogP contribution in [0.3, 0.4) is 0 Å². The summed E-state index contributed by atoms with van der Waals surface area (Å²) in [5.74, 6) is 0.896. The molecule has 2 aliphatic heterocycles. The summed E-state index contributed by atoms with van der Waals surface area (Å²) in [5, 5.41) is 0. The van der Waals surface area contributed by atoms with Crippen molar-refractivity contribution in [2.24, 2.45) is 0 Å². The van der Waals surface area contributed by atoms with Crippen molar-refractivity contribution in [1.82, 2.24) is 14.8 Å². The van der Waals surface area contributed by atoms with Crippen LogP contribution in [0.5, 0.6) is 0 Å². The van der Waals surface area contributed by atoms with Crippen molar-refractivity contribution in [1.29, 1.82) is 0 Å². The number of fused-ring (bicyclic) bond motifs is 1. The van der Waals surface area contributed by atoms with E-state index in [1.165, 1.54) is 0 Å². The first-order chi connectivity index (χ1) is 14.2. The minimum absolute atomic E-state index is 0.0118. The van der Waals surface area contributed by atoms with E-state index in [9.17, 15) is 9.59 Å². The Morgan fingerprint density at radius 2 is 1.86 bits per heavy atom. The summed E-state index contributed by atoms with van der Waals surface area (Å²) in [6, 6.07) is 13.0. The number of rotatable bonds is 5. The largest absolute Gasteiger partial charge is 0.383 e. The molecule has 2 aliphatic rings. The van der Waals surface area contributed by atoms with Crippen LogP contribution in [0.15, 0.2) is 48.7 Å². The van der Waals surface area contributed by atoms with E-state index < -0.39 is 6.04 Å². The zero-order valence-corrected chi connectivity index (χ0v) is 16.7. The Balaban J connectivity index is 1.53. The van der Waals surface area contributed by atoms with Gasteiger partial charge in [0.05, 0.1) is 13.0 Å². The maximum atomic E-state index is 13.5. The van der Waals surface area contributed by atoms with E-state index in [0.29, 0.717) is 32.7 Å². The van der Waals surface area contributed by atoms with E-state index in [2.05, 4.69) is 9.88 Å².